The average molecular weight is 301 g/mol. The third-order valence-corrected chi connectivity index (χ3v) is 3.89. The van der Waals surface area contributed by atoms with Gasteiger partial charge in [-0.05, 0) is 54.1 Å². The number of pyridine rings is 1. The molecule has 3 nitrogen and oxygen atoms in total. The molecule has 2 heterocycles. The minimum atomic E-state index is 0.837. The van der Waals surface area contributed by atoms with E-state index < -0.39 is 0 Å². The lowest BCUT2D eigenvalue weighted by molar-refractivity contribution is 0.415. The Kier molecular flexibility index (Phi) is 3.31. The van der Waals surface area contributed by atoms with E-state index in [1.807, 2.05) is 42.6 Å². The lowest BCUT2D eigenvalue weighted by atomic mass is 10.1. The molecule has 0 spiro atoms. The standard InChI is InChI=1S/C20H15NO2/c1-22-18-7-4-14(5-8-18)20-12-17-11-15(6-9-19(17)23-20)16-3-2-10-21-13-16/h2-13H,1H3. The van der Waals surface area contributed by atoms with Gasteiger partial charge in [-0.25, -0.2) is 0 Å². The summed E-state index contributed by atoms with van der Waals surface area (Å²) in [6.45, 7) is 0. The van der Waals surface area contributed by atoms with Gasteiger partial charge in [-0.1, -0.05) is 12.1 Å². The summed E-state index contributed by atoms with van der Waals surface area (Å²) in [6.07, 6.45) is 3.65. The second kappa shape index (κ2) is 5.61. The van der Waals surface area contributed by atoms with Gasteiger partial charge in [0, 0.05) is 28.9 Å². The minimum Gasteiger partial charge on any atom is -0.497 e. The first-order valence-electron chi connectivity index (χ1n) is 7.42. The molecule has 4 rings (SSSR count). The quantitative estimate of drug-likeness (QED) is 0.523. The molecule has 0 saturated carbocycles. The first-order valence-corrected chi connectivity index (χ1v) is 7.42. The van der Waals surface area contributed by atoms with E-state index in [4.69, 9.17) is 9.15 Å². The van der Waals surface area contributed by atoms with Gasteiger partial charge in [-0.15, -0.1) is 0 Å². The van der Waals surface area contributed by atoms with Crippen molar-refractivity contribution in [3.05, 3.63) is 73.1 Å². The van der Waals surface area contributed by atoms with Crippen molar-refractivity contribution in [2.45, 2.75) is 0 Å². The molecule has 0 aliphatic rings. The van der Waals surface area contributed by atoms with Crippen LogP contribution in [0.4, 0.5) is 0 Å². The normalized spacial score (nSPS) is 10.8. The molecule has 4 aromatic rings. The fourth-order valence-corrected chi connectivity index (χ4v) is 2.65. The van der Waals surface area contributed by atoms with Gasteiger partial charge in [-0.2, -0.15) is 0 Å². The van der Waals surface area contributed by atoms with E-state index in [2.05, 4.69) is 29.2 Å². The molecule has 0 amide bonds. The number of benzene rings is 2. The topological polar surface area (TPSA) is 35.3 Å². The predicted molar refractivity (Wildman–Crippen MR) is 91.4 cm³/mol. The molecule has 0 fully saturated rings. The number of hydrogen-bond acceptors (Lipinski definition) is 3. The van der Waals surface area contributed by atoms with Crippen LogP contribution in [-0.4, -0.2) is 12.1 Å². The van der Waals surface area contributed by atoms with E-state index in [0.717, 1.165) is 39.2 Å². The summed E-state index contributed by atoms with van der Waals surface area (Å²) in [5.74, 6) is 1.69. The number of rotatable bonds is 3. The molecule has 0 aliphatic heterocycles. The van der Waals surface area contributed by atoms with Crippen LogP contribution >= 0.6 is 0 Å². The largest absolute Gasteiger partial charge is 0.497 e. The van der Waals surface area contributed by atoms with Crippen LogP contribution in [0, 0.1) is 0 Å². The number of ether oxygens (including phenoxy) is 1. The van der Waals surface area contributed by atoms with Crippen molar-refractivity contribution in [2.75, 3.05) is 7.11 Å². The zero-order valence-electron chi connectivity index (χ0n) is 12.7. The molecule has 0 bridgehead atoms. The van der Waals surface area contributed by atoms with Crippen LogP contribution in [0.2, 0.25) is 0 Å². The summed E-state index contributed by atoms with van der Waals surface area (Å²) in [7, 11) is 1.66. The van der Waals surface area contributed by atoms with Gasteiger partial charge in [-0.3, -0.25) is 4.98 Å². The maximum Gasteiger partial charge on any atom is 0.135 e. The Morgan fingerprint density at radius 1 is 0.870 bits per heavy atom. The molecule has 0 N–H and O–H groups in total. The van der Waals surface area contributed by atoms with Crippen molar-refractivity contribution in [2.24, 2.45) is 0 Å². The molecule has 0 unspecified atom stereocenters. The first kappa shape index (κ1) is 13.6. The Bertz CT molecular complexity index is 940. The summed E-state index contributed by atoms with van der Waals surface area (Å²) >= 11 is 0. The predicted octanol–water partition coefficient (Wildman–Crippen LogP) is 5.17. The van der Waals surface area contributed by atoms with Crippen LogP contribution in [0.3, 0.4) is 0 Å². The third-order valence-electron chi connectivity index (χ3n) is 3.89. The van der Waals surface area contributed by atoms with Crippen molar-refractivity contribution in [3.63, 3.8) is 0 Å². The van der Waals surface area contributed by atoms with Gasteiger partial charge in [0.1, 0.15) is 17.1 Å². The van der Waals surface area contributed by atoms with Crippen molar-refractivity contribution in [1.82, 2.24) is 4.98 Å². The Hall–Kier alpha value is -3.07. The second-order valence-electron chi connectivity index (χ2n) is 5.33. The molecule has 2 aromatic carbocycles. The van der Waals surface area contributed by atoms with Gasteiger partial charge in [0.25, 0.3) is 0 Å². The molecule has 3 heteroatoms. The number of fused-ring (bicyclic) bond motifs is 1. The second-order valence-corrected chi connectivity index (χ2v) is 5.33. The summed E-state index contributed by atoms with van der Waals surface area (Å²) in [4.78, 5) is 4.17. The van der Waals surface area contributed by atoms with E-state index in [9.17, 15) is 0 Å². The maximum atomic E-state index is 5.96. The number of hydrogen-bond donors (Lipinski definition) is 0. The van der Waals surface area contributed by atoms with E-state index in [-0.39, 0.29) is 0 Å². The van der Waals surface area contributed by atoms with Crippen LogP contribution in [0.1, 0.15) is 0 Å². The van der Waals surface area contributed by atoms with Gasteiger partial charge in [0.2, 0.25) is 0 Å². The summed E-state index contributed by atoms with van der Waals surface area (Å²) in [5, 5.41) is 1.08. The van der Waals surface area contributed by atoms with Gasteiger partial charge in [0.05, 0.1) is 7.11 Å². The lowest BCUT2D eigenvalue weighted by Crippen LogP contribution is -1.81. The Balaban J connectivity index is 1.75. The minimum absolute atomic E-state index is 0.837. The highest BCUT2D eigenvalue weighted by Crippen LogP contribution is 2.31. The lowest BCUT2D eigenvalue weighted by Gasteiger charge is -2.00. The van der Waals surface area contributed by atoms with Crippen molar-refractivity contribution in [3.8, 4) is 28.2 Å². The van der Waals surface area contributed by atoms with E-state index in [1.165, 1.54) is 0 Å². The fourth-order valence-electron chi connectivity index (χ4n) is 2.65. The highest BCUT2D eigenvalue weighted by atomic mass is 16.5. The van der Waals surface area contributed by atoms with E-state index >= 15 is 0 Å². The van der Waals surface area contributed by atoms with Crippen LogP contribution < -0.4 is 4.74 Å². The smallest absolute Gasteiger partial charge is 0.135 e. The van der Waals surface area contributed by atoms with Crippen LogP contribution in [0.15, 0.2) is 77.5 Å². The van der Waals surface area contributed by atoms with Crippen molar-refractivity contribution < 1.29 is 9.15 Å². The summed E-state index contributed by atoms with van der Waals surface area (Å²) in [6, 6.07) is 20.1. The highest BCUT2D eigenvalue weighted by Gasteiger charge is 2.08. The molecular weight excluding hydrogens is 286 g/mol. The molecule has 0 aliphatic carbocycles. The van der Waals surface area contributed by atoms with E-state index in [0.29, 0.717) is 0 Å². The Labute approximate surface area is 134 Å². The van der Waals surface area contributed by atoms with Crippen molar-refractivity contribution >= 4 is 11.0 Å². The van der Waals surface area contributed by atoms with Gasteiger partial charge < -0.3 is 9.15 Å². The van der Waals surface area contributed by atoms with Crippen LogP contribution in [0.25, 0.3) is 33.4 Å². The van der Waals surface area contributed by atoms with Crippen LogP contribution in [0.5, 0.6) is 5.75 Å². The number of aromatic nitrogens is 1. The fraction of sp³-hybridized carbons (Fsp3) is 0.0500. The molecule has 112 valence electrons. The molecular formula is C20H15NO2. The number of methoxy groups -OCH3 is 1. The first-order chi connectivity index (χ1) is 11.3. The number of nitrogens with zero attached hydrogens (tertiary/aromatic N) is 1. The molecule has 23 heavy (non-hydrogen) atoms. The van der Waals surface area contributed by atoms with Crippen molar-refractivity contribution in [1.29, 1.82) is 0 Å². The maximum absolute atomic E-state index is 5.96. The number of furan rings is 1. The molecule has 0 saturated heterocycles. The average Bonchev–Trinajstić information content (AvgIpc) is 3.06. The monoisotopic (exact) mass is 301 g/mol. The SMILES string of the molecule is COc1ccc(-c2cc3cc(-c4cccnc4)ccc3o2)cc1. The Morgan fingerprint density at radius 3 is 2.43 bits per heavy atom. The highest BCUT2D eigenvalue weighted by molar-refractivity contribution is 5.87. The Morgan fingerprint density at radius 2 is 1.70 bits per heavy atom. The van der Waals surface area contributed by atoms with E-state index in [1.54, 1.807) is 13.3 Å². The summed E-state index contributed by atoms with van der Waals surface area (Å²) < 4.78 is 11.2. The molecule has 0 radical (unpaired) electrons. The van der Waals surface area contributed by atoms with Crippen LogP contribution in [-0.2, 0) is 0 Å². The zero-order valence-corrected chi connectivity index (χ0v) is 12.7. The molecule has 0 atom stereocenters. The van der Waals surface area contributed by atoms with Gasteiger partial charge in [0.15, 0.2) is 0 Å². The zero-order chi connectivity index (χ0) is 15.6. The molecule has 2 aromatic heterocycles. The summed E-state index contributed by atoms with van der Waals surface area (Å²) in [5.41, 5.74) is 4.14. The third kappa shape index (κ3) is 2.57. The van der Waals surface area contributed by atoms with Gasteiger partial charge >= 0.3 is 0 Å².